The van der Waals surface area contributed by atoms with Crippen molar-refractivity contribution in [1.82, 2.24) is 4.90 Å². The fraction of sp³-hybridized carbons (Fsp3) is 0.600. The number of benzene rings is 1. The Hall–Kier alpha value is -1.07. The van der Waals surface area contributed by atoms with Gasteiger partial charge in [0, 0.05) is 13.0 Å². The molecule has 0 radical (unpaired) electrons. The molecule has 0 bridgehead atoms. The number of hydrogen-bond donors (Lipinski definition) is 1. The van der Waals surface area contributed by atoms with E-state index in [0.717, 1.165) is 31.6 Å². The summed E-state index contributed by atoms with van der Waals surface area (Å²) in [6.07, 6.45) is -1.95. The molecule has 1 aromatic rings. The predicted octanol–water partition coefficient (Wildman–Crippen LogP) is 3.09. The van der Waals surface area contributed by atoms with E-state index in [2.05, 4.69) is 4.90 Å². The molecule has 0 aromatic heterocycles. The second-order valence-electron chi connectivity index (χ2n) is 5.76. The Morgan fingerprint density at radius 2 is 2.00 bits per heavy atom. The molecule has 0 saturated carbocycles. The number of halogens is 3. The highest BCUT2D eigenvalue weighted by Gasteiger charge is 2.32. The van der Waals surface area contributed by atoms with Crippen molar-refractivity contribution in [3.8, 4) is 0 Å². The van der Waals surface area contributed by atoms with Crippen LogP contribution in [0.1, 0.15) is 30.4 Å². The molecule has 5 heteroatoms. The standard InChI is InChI=1S/C15H20F3NO/c1-19-8-3-6-14(20,7-9-19)11-12-4-2-5-13(10-12)15(16,17)18/h2,4-5,10,20H,3,6-9,11H2,1H3. The van der Waals surface area contributed by atoms with Crippen molar-refractivity contribution in [3.05, 3.63) is 35.4 Å². The van der Waals surface area contributed by atoms with Crippen molar-refractivity contribution in [2.24, 2.45) is 0 Å². The van der Waals surface area contributed by atoms with Gasteiger partial charge in [-0.3, -0.25) is 0 Å². The van der Waals surface area contributed by atoms with Gasteiger partial charge in [-0.05, 0) is 44.5 Å². The SMILES string of the molecule is CN1CCCC(O)(Cc2cccc(C(F)(F)F)c2)CC1. The molecule has 1 unspecified atom stereocenters. The summed E-state index contributed by atoms with van der Waals surface area (Å²) in [4.78, 5) is 2.14. The average molecular weight is 287 g/mol. The van der Waals surface area contributed by atoms with Crippen molar-refractivity contribution >= 4 is 0 Å². The van der Waals surface area contributed by atoms with Gasteiger partial charge in [-0.15, -0.1) is 0 Å². The molecule has 0 spiro atoms. The van der Waals surface area contributed by atoms with Crippen molar-refractivity contribution in [1.29, 1.82) is 0 Å². The van der Waals surface area contributed by atoms with Crippen molar-refractivity contribution < 1.29 is 18.3 Å². The minimum Gasteiger partial charge on any atom is -0.389 e. The van der Waals surface area contributed by atoms with Gasteiger partial charge >= 0.3 is 6.18 Å². The molecular weight excluding hydrogens is 267 g/mol. The van der Waals surface area contributed by atoms with Crippen LogP contribution in [0, 0.1) is 0 Å². The van der Waals surface area contributed by atoms with Gasteiger partial charge in [0.25, 0.3) is 0 Å². The van der Waals surface area contributed by atoms with Crippen molar-refractivity contribution in [3.63, 3.8) is 0 Å². The summed E-state index contributed by atoms with van der Waals surface area (Å²) in [7, 11) is 2.00. The minimum atomic E-state index is -4.33. The lowest BCUT2D eigenvalue weighted by Crippen LogP contribution is -2.32. The maximum absolute atomic E-state index is 12.7. The normalized spacial score (nSPS) is 25.4. The summed E-state index contributed by atoms with van der Waals surface area (Å²) >= 11 is 0. The van der Waals surface area contributed by atoms with E-state index in [-0.39, 0.29) is 6.42 Å². The van der Waals surface area contributed by atoms with E-state index in [0.29, 0.717) is 18.4 Å². The second-order valence-corrected chi connectivity index (χ2v) is 5.76. The highest BCUT2D eigenvalue weighted by Crippen LogP contribution is 2.31. The fourth-order valence-electron chi connectivity index (χ4n) is 2.73. The van der Waals surface area contributed by atoms with Crippen LogP contribution in [-0.4, -0.2) is 35.7 Å². The molecular formula is C15H20F3NO. The topological polar surface area (TPSA) is 23.5 Å². The van der Waals surface area contributed by atoms with Gasteiger partial charge in [0.05, 0.1) is 11.2 Å². The molecule has 1 heterocycles. The lowest BCUT2D eigenvalue weighted by Gasteiger charge is -2.27. The average Bonchev–Trinajstić information content (AvgIpc) is 2.51. The molecule has 20 heavy (non-hydrogen) atoms. The largest absolute Gasteiger partial charge is 0.416 e. The Labute approximate surface area is 117 Å². The summed E-state index contributed by atoms with van der Waals surface area (Å²) < 4.78 is 38.1. The van der Waals surface area contributed by atoms with Gasteiger partial charge in [-0.2, -0.15) is 13.2 Å². The van der Waals surface area contributed by atoms with E-state index in [1.165, 1.54) is 6.07 Å². The molecule has 1 N–H and O–H groups in total. The number of alkyl halides is 3. The first-order valence-electron chi connectivity index (χ1n) is 6.86. The molecule has 1 aliphatic rings. The van der Waals surface area contributed by atoms with E-state index in [1.807, 2.05) is 7.05 Å². The lowest BCUT2D eigenvalue weighted by atomic mass is 9.87. The van der Waals surface area contributed by atoms with Crippen molar-refractivity contribution in [2.75, 3.05) is 20.1 Å². The van der Waals surface area contributed by atoms with Crippen LogP contribution in [0.4, 0.5) is 13.2 Å². The molecule has 1 saturated heterocycles. The van der Waals surface area contributed by atoms with Gasteiger partial charge in [0.15, 0.2) is 0 Å². The third-order valence-corrected chi connectivity index (χ3v) is 3.93. The monoisotopic (exact) mass is 287 g/mol. The first-order valence-corrected chi connectivity index (χ1v) is 6.86. The first kappa shape index (κ1) is 15.3. The molecule has 0 amide bonds. The van der Waals surface area contributed by atoms with Crippen LogP contribution in [-0.2, 0) is 12.6 Å². The van der Waals surface area contributed by atoms with E-state index < -0.39 is 17.3 Å². The van der Waals surface area contributed by atoms with Crippen LogP contribution in [0.2, 0.25) is 0 Å². The molecule has 112 valence electrons. The Bertz CT molecular complexity index is 461. The lowest BCUT2D eigenvalue weighted by molar-refractivity contribution is -0.137. The molecule has 1 aliphatic heterocycles. The van der Waals surface area contributed by atoms with Crippen LogP contribution in [0.5, 0.6) is 0 Å². The highest BCUT2D eigenvalue weighted by atomic mass is 19.4. The Balaban J connectivity index is 2.12. The predicted molar refractivity (Wildman–Crippen MR) is 71.4 cm³/mol. The van der Waals surface area contributed by atoms with Crippen LogP contribution >= 0.6 is 0 Å². The molecule has 1 fully saturated rings. The van der Waals surface area contributed by atoms with Crippen LogP contribution in [0.25, 0.3) is 0 Å². The number of likely N-dealkylation sites (tertiary alicyclic amines) is 1. The zero-order valence-corrected chi connectivity index (χ0v) is 11.6. The molecule has 1 aromatic carbocycles. The maximum Gasteiger partial charge on any atom is 0.416 e. The van der Waals surface area contributed by atoms with Crippen LogP contribution < -0.4 is 0 Å². The quantitative estimate of drug-likeness (QED) is 0.903. The summed E-state index contributed by atoms with van der Waals surface area (Å²) in [5.41, 5.74) is -0.995. The van der Waals surface area contributed by atoms with E-state index in [1.54, 1.807) is 6.07 Å². The van der Waals surface area contributed by atoms with Gasteiger partial charge in [-0.1, -0.05) is 18.2 Å². The van der Waals surface area contributed by atoms with E-state index >= 15 is 0 Å². The number of rotatable bonds is 2. The highest BCUT2D eigenvalue weighted by molar-refractivity contribution is 5.27. The molecule has 2 nitrogen and oxygen atoms in total. The fourth-order valence-corrected chi connectivity index (χ4v) is 2.73. The van der Waals surface area contributed by atoms with Gasteiger partial charge < -0.3 is 10.0 Å². The summed E-state index contributed by atoms with van der Waals surface area (Å²) in [6, 6.07) is 5.27. The van der Waals surface area contributed by atoms with Gasteiger partial charge in [0.1, 0.15) is 0 Å². The molecule has 2 rings (SSSR count). The summed E-state index contributed by atoms with van der Waals surface area (Å²) in [5.74, 6) is 0. The van der Waals surface area contributed by atoms with Gasteiger partial charge in [0.2, 0.25) is 0 Å². The third kappa shape index (κ3) is 3.96. The Kier molecular flexibility index (Phi) is 4.39. The second kappa shape index (κ2) is 5.74. The van der Waals surface area contributed by atoms with Gasteiger partial charge in [-0.25, -0.2) is 0 Å². The Morgan fingerprint density at radius 3 is 2.70 bits per heavy atom. The molecule has 0 aliphatic carbocycles. The Morgan fingerprint density at radius 1 is 1.25 bits per heavy atom. The number of aliphatic hydroxyl groups is 1. The van der Waals surface area contributed by atoms with E-state index in [4.69, 9.17) is 0 Å². The number of nitrogens with zero attached hydrogens (tertiary/aromatic N) is 1. The smallest absolute Gasteiger partial charge is 0.389 e. The van der Waals surface area contributed by atoms with Crippen LogP contribution in [0.3, 0.4) is 0 Å². The minimum absolute atomic E-state index is 0.282. The van der Waals surface area contributed by atoms with E-state index in [9.17, 15) is 18.3 Å². The number of hydrogen-bond acceptors (Lipinski definition) is 2. The first-order chi connectivity index (χ1) is 9.28. The summed E-state index contributed by atoms with van der Waals surface area (Å²) in [6.45, 7) is 1.69. The third-order valence-electron chi connectivity index (χ3n) is 3.93. The maximum atomic E-state index is 12.7. The molecule has 1 atom stereocenters. The zero-order chi connectivity index (χ0) is 14.8. The van der Waals surface area contributed by atoms with Crippen molar-refractivity contribution in [2.45, 2.75) is 37.5 Å². The van der Waals surface area contributed by atoms with Crippen LogP contribution in [0.15, 0.2) is 24.3 Å². The summed E-state index contributed by atoms with van der Waals surface area (Å²) in [5, 5.41) is 10.6. The zero-order valence-electron chi connectivity index (χ0n) is 11.6.